The molecule has 0 heterocycles. The summed E-state index contributed by atoms with van der Waals surface area (Å²) < 4.78 is 0. The van der Waals surface area contributed by atoms with Gasteiger partial charge in [0.2, 0.25) is 0 Å². The Kier molecular flexibility index (Phi) is 10.6. The quantitative estimate of drug-likeness (QED) is 0.708. The molecule has 0 amide bonds. The van der Waals surface area contributed by atoms with Crippen molar-refractivity contribution in [1.82, 2.24) is 0 Å². The van der Waals surface area contributed by atoms with Crippen LogP contribution < -0.4 is 5.73 Å². The summed E-state index contributed by atoms with van der Waals surface area (Å²) in [5.41, 5.74) is 8.92. The molecule has 0 atom stereocenters. The van der Waals surface area contributed by atoms with Gasteiger partial charge in [-0.1, -0.05) is 65.3 Å². The number of nitrogens with two attached hydrogens (primary N) is 1. The van der Waals surface area contributed by atoms with Crippen LogP contribution in [-0.4, -0.2) is 5.11 Å². The molecule has 2 aromatic carbocycles. The maximum atomic E-state index is 9.04. The lowest BCUT2D eigenvalue weighted by Gasteiger charge is -2.03. The normalized spacial score (nSPS) is 9.36. The molecular formula is C20H31NO. The van der Waals surface area contributed by atoms with Crippen LogP contribution >= 0.6 is 0 Å². The van der Waals surface area contributed by atoms with E-state index in [0.717, 1.165) is 18.5 Å². The zero-order valence-corrected chi connectivity index (χ0v) is 14.6. The summed E-state index contributed by atoms with van der Waals surface area (Å²) in [5, 5.41) is 9.04. The summed E-state index contributed by atoms with van der Waals surface area (Å²) in [5.74, 6) is 0.964. The van der Waals surface area contributed by atoms with Gasteiger partial charge < -0.3 is 10.8 Å². The van der Waals surface area contributed by atoms with Crippen LogP contribution in [0, 0.1) is 0 Å². The van der Waals surface area contributed by atoms with Crippen molar-refractivity contribution in [3.05, 3.63) is 59.7 Å². The predicted molar refractivity (Wildman–Crippen MR) is 98.4 cm³/mol. The molecule has 0 spiro atoms. The van der Waals surface area contributed by atoms with Gasteiger partial charge in [-0.15, -0.1) is 0 Å². The number of hydrogen-bond acceptors (Lipinski definition) is 2. The maximum absolute atomic E-state index is 9.04. The number of aromatic hydroxyl groups is 1. The van der Waals surface area contributed by atoms with Crippen molar-refractivity contribution in [2.45, 2.75) is 53.4 Å². The minimum Gasteiger partial charge on any atom is -0.508 e. The molecule has 0 aliphatic heterocycles. The van der Waals surface area contributed by atoms with E-state index < -0.39 is 0 Å². The molecule has 3 N–H and O–H groups in total. The van der Waals surface area contributed by atoms with Crippen molar-refractivity contribution in [2.75, 3.05) is 5.73 Å². The molecular weight excluding hydrogens is 270 g/mol. The lowest BCUT2D eigenvalue weighted by molar-refractivity contribution is 0.474. The molecule has 0 unspecified atom stereocenters. The third kappa shape index (κ3) is 8.35. The zero-order chi connectivity index (χ0) is 17.0. The number of nitrogen functional groups attached to an aromatic ring is 1. The molecule has 2 nitrogen and oxygen atoms in total. The first kappa shape index (κ1) is 20.0. The fraction of sp³-hybridized carbons (Fsp3) is 0.400. The van der Waals surface area contributed by atoms with Crippen LogP contribution in [-0.2, 0) is 6.42 Å². The van der Waals surface area contributed by atoms with Gasteiger partial charge in [-0.25, -0.2) is 0 Å². The molecule has 22 heavy (non-hydrogen) atoms. The van der Waals surface area contributed by atoms with E-state index in [1.165, 1.54) is 11.1 Å². The van der Waals surface area contributed by atoms with Gasteiger partial charge in [-0.05, 0) is 47.7 Å². The predicted octanol–water partition coefficient (Wildman–Crippen LogP) is 5.76. The first-order valence-electron chi connectivity index (χ1n) is 8.16. The molecule has 0 bridgehead atoms. The summed E-state index contributed by atoms with van der Waals surface area (Å²) in [6.07, 6.45) is 2.18. The standard InChI is InChI=1S/C9H13N.C9H12O.C2H6/c1-7(2)8-3-5-9(10)6-4-8;1-2-4-8-5-3-6-9(10)7-8;1-2/h3-7H,10H2,1-2H3;3,5-7,10H,2,4H2,1H3;1-2H3. The van der Waals surface area contributed by atoms with E-state index in [-0.39, 0.29) is 0 Å². The van der Waals surface area contributed by atoms with Crippen LogP contribution in [0.4, 0.5) is 5.69 Å². The van der Waals surface area contributed by atoms with Gasteiger partial charge in [-0.3, -0.25) is 0 Å². The lowest BCUT2D eigenvalue weighted by atomic mass is 10.0. The molecule has 2 aromatic rings. The summed E-state index contributed by atoms with van der Waals surface area (Å²) in [4.78, 5) is 0. The van der Waals surface area contributed by atoms with E-state index in [1.54, 1.807) is 6.07 Å². The van der Waals surface area contributed by atoms with Gasteiger partial charge in [0, 0.05) is 5.69 Å². The minimum absolute atomic E-state index is 0.367. The van der Waals surface area contributed by atoms with E-state index in [2.05, 4.69) is 32.9 Å². The highest BCUT2D eigenvalue weighted by molar-refractivity contribution is 5.39. The highest BCUT2D eigenvalue weighted by Crippen LogP contribution is 2.15. The molecule has 0 aromatic heterocycles. The Morgan fingerprint density at radius 3 is 2.05 bits per heavy atom. The number of hydrogen-bond donors (Lipinski definition) is 2. The maximum Gasteiger partial charge on any atom is 0.115 e. The summed E-state index contributed by atoms with van der Waals surface area (Å²) in [6.45, 7) is 10.5. The average molecular weight is 301 g/mol. The number of rotatable bonds is 3. The molecule has 0 saturated heterocycles. The fourth-order valence-electron chi connectivity index (χ4n) is 1.88. The van der Waals surface area contributed by atoms with Gasteiger partial charge in [-0.2, -0.15) is 0 Å². The fourth-order valence-corrected chi connectivity index (χ4v) is 1.88. The average Bonchev–Trinajstić information content (AvgIpc) is 2.51. The van der Waals surface area contributed by atoms with E-state index in [1.807, 2.05) is 44.2 Å². The topological polar surface area (TPSA) is 46.2 Å². The van der Waals surface area contributed by atoms with Crippen molar-refractivity contribution < 1.29 is 5.11 Å². The van der Waals surface area contributed by atoms with Crippen molar-refractivity contribution in [3.8, 4) is 5.75 Å². The molecule has 0 radical (unpaired) electrons. The minimum atomic E-state index is 0.367. The highest BCUT2D eigenvalue weighted by Gasteiger charge is 1.95. The van der Waals surface area contributed by atoms with Crippen molar-refractivity contribution in [3.63, 3.8) is 0 Å². The molecule has 0 aliphatic carbocycles. The first-order chi connectivity index (χ1) is 10.5. The summed E-state index contributed by atoms with van der Waals surface area (Å²) in [6, 6.07) is 15.4. The third-order valence-corrected chi connectivity index (χ3v) is 3.05. The smallest absolute Gasteiger partial charge is 0.115 e. The van der Waals surface area contributed by atoms with E-state index in [0.29, 0.717) is 11.7 Å². The molecule has 2 rings (SSSR count). The van der Waals surface area contributed by atoms with Crippen LogP contribution in [0.25, 0.3) is 0 Å². The van der Waals surface area contributed by atoms with Crippen LogP contribution in [0.5, 0.6) is 5.75 Å². The van der Waals surface area contributed by atoms with Crippen molar-refractivity contribution in [1.29, 1.82) is 0 Å². The molecule has 0 aliphatic rings. The van der Waals surface area contributed by atoms with Crippen LogP contribution in [0.3, 0.4) is 0 Å². The van der Waals surface area contributed by atoms with E-state index >= 15 is 0 Å². The Bertz CT molecular complexity index is 503. The number of aryl methyl sites for hydroxylation is 1. The lowest BCUT2D eigenvalue weighted by Crippen LogP contribution is -1.88. The SMILES string of the molecule is CC.CC(C)c1ccc(N)cc1.CCCc1cccc(O)c1. The number of benzene rings is 2. The van der Waals surface area contributed by atoms with Crippen molar-refractivity contribution in [2.24, 2.45) is 0 Å². The number of phenols is 1. The van der Waals surface area contributed by atoms with Gasteiger partial charge in [0.25, 0.3) is 0 Å². The molecule has 0 saturated carbocycles. The van der Waals surface area contributed by atoms with Gasteiger partial charge in [0.1, 0.15) is 5.75 Å². The largest absolute Gasteiger partial charge is 0.508 e. The second-order valence-electron chi connectivity index (χ2n) is 5.24. The number of anilines is 1. The Balaban J connectivity index is 0.000000360. The van der Waals surface area contributed by atoms with Gasteiger partial charge in [0.05, 0.1) is 0 Å². The Morgan fingerprint density at radius 2 is 1.59 bits per heavy atom. The monoisotopic (exact) mass is 301 g/mol. The third-order valence-electron chi connectivity index (χ3n) is 3.05. The van der Waals surface area contributed by atoms with Gasteiger partial charge in [0.15, 0.2) is 0 Å². The van der Waals surface area contributed by atoms with Crippen molar-refractivity contribution >= 4 is 5.69 Å². The van der Waals surface area contributed by atoms with Crippen LogP contribution in [0.2, 0.25) is 0 Å². The van der Waals surface area contributed by atoms with Gasteiger partial charge >= 0.3 is 0 Å². The highest BCUT2D eigenvalue weighted by atomic mass is 16.3. The first-order valence-corrected chi connectivity index (χ1v) is 8.16. The Morgan fingerprint density at radius 1 is 1.00 bits per heavy atom. The van der Waals surface area contributed by atoms with E-state index in [9.17, 15) is 0 Å². The summed E-state index contributed by atoms with van der Waals surface area (Å²) in [7, 11) is 0. The second kappa shape index (κ2) is 11.7. The summed E-state index contributed by atoms with van der Waals surface area (Å²) >= 11 is 0. The zero-order valence-electron chi connectivity index (χ0n) is 14.6. The Hall–Kier alpha value is -1.96. The molecule has 122 valence electrons. The molecule has 2 heteroatoms. The number of phenolic OH excluding ortho intramolecular Hbond substituents is 1. The van der Waals surface area contributed by atoms with E-state index in [4.69, 9.17) is 10.8 Å². The Labute approximate surface area is 136 Å². The van der Waals surface area contributed by atoms with Crippen LogP contribution in [0.1, 0.15) is 58.1 Å². The second-order valence-corrected chi connectivity index (χ2v) is 5.24. The molecule has 0 fully saturated rings. The van der Waals surface area contributed by atoms with Crippen LogP contribution in [0.15, 0.2) is 48.5 Å².